The van der Waals surface area contributed by atoms with Gasteiger partial charge in [-0.2, -0.15) is 0 Å². The number of halogens is 1. The van der Waals surface area contributed by atoms with Gasteiger partial charge in [0.25, 0.3) is 5.91 Å². The Morgan fingerprint density at radius 1 is 0.946 bits per heavy atom. The van der Waals surface area contributed by atoms with E-state index in [9.17, 15) is 4.79 Å². The van der Waals surface area contributed by atoms with Gasteiger partial charge in [0, 0.05) is 30.1 Å². The van der Waals surface area contributed by atoms with E-state index < -0.39 is 0 Å². The van der Waals surface area contributed by atoms with Crippen LogP contribution in [0.25, 0.3) is 11.0 Å². The molecule has 0 radical (unpaired) electrons. The smallest absolute Gasteiger partial charge is 0.251 e. The Hall–Kier alpha value is -3.31. The van der Waals surface area contributed by atoms with E-state index in [-0.39, 0.29) is 5.91 Å². The first-order chi connectivity index (χ1) is 17.8. The summed E-state index contributed by atoms with van der Waals surface area (Å²) < 4.78 is 8.31. The number of nitrogens with one attached hydrogen (secondary N) is 1. The highest BCUT2D eigenvalue weighted by Crippen LogP contribution is 2.26. The molecule has 0 unspecified atom stereocenters. The Morgan fingerprint density at radius 3 is 2.46 bits per heavy atom. The van der Waals surface area contributed by atoms with Gasteiger partial charge in [-0.3, -0.25) is 4.79 Å². The lowest BCUT2D eigenvalue weighted by Crippen LogP contribution is -2.25. The Bertz CT molecular complexity index is 1370. The molecule has 5 nitrogen and oxygen atoms in total. The third-order valence-corrected chi connectivity index (χ3v) is 7.27. The van der Waals surface area contributed by atoms with Gasteiger partial charge < -0.3 is 14.6 Å². The van der Waals surface area contributed by atoms with Crippen LogP contribution in [-0.2, 0) is 13.0 Å². The molecule has 37 heavy (non-hydrogen) atoms. The van der Waals surface area contributed by atoms with Crippen molar-refractivity contribution >= 4 is 28.5 Å². The van der Waals surface area contributed by atoms with Crippen LogP contribution in [0.4, 0.5) is 0 Å². The van der Waals surface area contributed by atoms with Crippen molar-refractivity contribution in [1.29, 1.82) is 0 Å². The number of benzene rings is 3. The summed E-state index contributed by atoms with van der Waals surface area (Å²) in [5.74, 6) is 1.92. The number of para-hydroxylation sites is 2. The van der Waals surface area contributed by atoms with Gasteiger partial charge in [0.2, 0.25) is 0 Å². The number of carbonyl (C=O) groups excluding carboxylic acids is 1. The summed E-state index contributed by atoms with van der Waals surface area (Å²) >= 11 is 6.27. The number of aromatic nitrogens is 2. The van der Waals surface area contributed by atoms with E-state index >= 15 is 0 Å². The predicted molar refractivity (Wildman–Crippen MR) is 152 cm³/mol. The SMILES string of the molecule is Cc1ccc(C(=O)NCCCc2nc3ccccc3n2CCCCOc2cc(C)c(Cl)c(C)c2)c(C)c1. The molecule has 1 N–H and O–H groups in total. The van der Waals surface area contributed by atoms with Crippen LogP contribution in [-0.4, -0.2) is 28.6 Å². The maximum Gasteiger partial charge on any atom is 0.251 e. The second-order valence-corrected chi connectivity index (χ2v) is 10.2. The zero-order valence-corrected chi connectivity index (χ0v) is 23.0. The molecule has 0 atom stereocenters. The van der Waals surface area contributed by atoms with Gasteiger partial charge in [-0.05, 0) is 94.0 Å². The lowest BCUT2D eigenvalue weighted by molar-refractivity contribution is 0.0952. The molecule has 194 valence electrons. The number of hydrogen-bond donors (Lipinski definition) is 1. The monoisotopic (exact) mass is 517 g/mol. The molecular weight excluding hydrogens is 482 g/mol. The van der Waals surface area contributed by atoms with Crippen LogP contribution in [0.2, 0.25) is 5.02 Å². The van der Waals surface area contributed by atoms with E-state index in [0.29, 0.717) is 13.2 Å². The summed E-state index contributed by atoms with van der Waals surface area (Å²) in [5.41, 5.74) is 7.15. The van der Waals surface area contributed by atoms with Gasteiger partial charge in [-0.25, -0.2) is 4.98 Å². The number of rotatable bonds is 11. The number of fused-ring (bicyclic) bond motifs is 1. The van der Waals surface area contributed by atoms with Crippen LogP contribution in [0.15, 0.2) is 54.6 Å². The molecule has 0 aliphatic rings. The summed E-state index contributed by atoms with van der Waals surface area (Å²) in [5, 5.41) is 3.87. The number of hydrogen-bond acceptors (Lipinski definition) is 3. The van der Waals surface area contributed by atoms with Crippen LogP contribution in [0.3, 0.4) is 0 Å². The number of aryl methyl sites for hydroxylation is 6. The first-order valence-electron chi connectivity index (χ1n) is 13.0. The third kappa shape index (κ3) is 6.72. The standard InChI is InChI=1S/C31H36ClN3O2/c1-21-13-14-26(22(2)18-21)31(36)33-15-9-12-29-34-27-10-5-6-11-28(27)35(29)16-7-8-17-37-25-19-23(3)30(32)24(4)20-25/h5-6,10-11,13-14,18-20H,7-9,12,15-17H2,1-4H3,(H,33,36). The summed E-state index contributed by atoms with van der Waals surface area (Å²) in [4.78, 5) is 17.5. The van der Waals surface area contributed by atoms with E-state index in [2.05, 4.69) is 28.1 Å². The average molecular weight is 518 g/mol. The minimum absolute atomic E-state index is 0.0166. The van der Waals surface area contributed by atoms with Gasteiger partial charge in [0.05, 0.1) is 17.6 Å². The molecule has 0 saturated heterocycles. The third-order valence-electron chi connectivity index (χ3n) is 6.68. The Morgan fingerprint density at radius 2 is 1.70 bits per heavy atom. The number of nitrogens with zero attached hydrogens (tertiary/aromatic N) is 2. The molecule has 0 spiro atoms. The van der Waals surface area contributed by atoms with Crippen molar-refractivity contribution in [2.75, 3.05) is 13.2 Å². The maximum atomic E-state index is 12.6. The number of ether oxygens (including phenoxy) is 1. The van der Waals surface area contributed by atoms with E-state index in [1.165, 1.54) is 0 Å². The summed E-state index contributed by atoms with van der Waals surface area (Å²) in [6.45, 7) is 10.2. The molecule has 0 fully saturated rings. The van der Waals surface area contributed by atoms with Crippen LogP contribution in [0.5, 0.6) is 5.75 Å². The molecular formula is C31H36ClN3O2. The summed E-state index contributed by atoms with van der Waals surface area (Å²) in [7, 11) is 0. The van der Waals surface area contributed by atoms with Crippen molar-refractivity contribution in [2.45, 2.75) is 59.9 Å². The highest BCUT2D eigenvalue weighted by Gasteiger charge is 2.12. The summed E-state index contributed by atoms with van der Waals surface area (Å²) in [6, 6.07) is 18.2. The number of unbranched alkanes of at least 4 members (excludes halogenated alkanes) is 1. The van der Waals surface area contributed by atoms with Gasteiger partial charge in [0.1, 0.15) is 11.6 Å². The fourth-order valence-corrected chi connectivity index (χ4v) is 4.84. The molecule has 4 rings (SSSR count). The lowest BCUT2D eigenvalue weighted by Gasteiger charge is -2.12. The molecule has 1 amide bonds. The highest BCUT2D eigenvalue weighted by molar-refractivity contribution is 6.32. The van der Waals surface area contributed by atoms with Gasteiger partial charge in [0.15, 0.2) is 0 Å². The first kappa shape index (κ1) is 26.7. The molecule has 0 saturated carbocycles. The number of carbonyl (C=O) groups is 1. The van der Waals surface area contributed by atoms with Gasteiger partial charge in [-0.1, -0.05) is 41.4 Å². The van der Waals surface area contributed by atoms with Crippen molar-refractivity contribution < 1.29 is 9.53 Å². The topological polar surface area (TPSA) is 56.2 Å². The average Bonchev–Trinajstić information content (AvgIpc) is 3.22. The van der Waals surface area contributed by atoms with Crippen molar-refractivity contribution in [3.63, 3.8) is 0 Å². The predicted octanol–water partition coefficient (Wildman–Crippen LogP) is 7.15. The normalized spacial score (nSPS) is 11.2. The van der Waals surface area contributed by atoms with E-state index in [1.54, 1.807) is 0 Å². The Kier molecular flexibility index (Phi) is 8.88. The molecule has 3 aromatic carbocycles. The van der Waals surface area contributed by atoms with Gasteiger partial charge in [-0.15, -0.1) is 0 Å². The highest BCUT2D eigenvalue weighted by atomic mass is 35.5. The van der Waals surface area contributed by atoms with Crippen molar-refractivity contribution in [3.05, 3.63) is 93.3 Å². The lowest BCUT2D eigenvalue weighted by atomic mass is 10.1. The van der Waals surface area contributed by atoms with E-state index in [1.807, 2.05) is 64.1 Å². The fraction of sp³-hybridized carbons (Fsp3) is 0.355. The molecule has 1 heterocycles. The van der Waals surface area contributed by atoms with Crippen molar-refractivity contribution in [2.24, 2.45) is 0 Å². The molecule has 0 aliphatic heterocycles. The summed E-state index contributed by atoms with van der Waals surface area (Å²) in [6.07, 6.45) is 3.57. The van der Waals surface area contributed by atoms with Crippen LogP contribution in [0.1, 0.15) is 57.7 Å². The van der Waals surface area contributed by atoms with Crippen molar-refractivity contribution in [1.82, 2.24) is 14.9 Å². The maximum absolute atomic E-state index is 12.6. The van der Waals surface area contributed by atoms with E-state index in [0.717, 1.165) is 87.7 Å². The minimum Gasteiger partial charge on any atom is -0.494 e. The molecule has 4 aromatic rings. The fourth-order valence-electron chi connectivity index (χ4n) is 4.73. The molecule has 1 aromatic heterocycles. The second kappa shape index (κ2) is 12.3. The second-order valence-electron chi connectivity index (χ2n) is 9.77. The Balaban J connectivity index is 1.30. The van der Waals surface area contributed by atoms with Gasteiger partial charge >= 0.3 is 0 Å². The van der Waals surface area contributed by atoms with Crippen LogP contribution < -0.4 is 10.1 Å². The molecule has 0 bridgehead atoms. The number of amides is 1. The molecule has 0 aliphatic carbocycles. The largest absolute Gasteiger partial charge is 0.494 e. The van der Waals surface area contributed by atoms with Crippen LogP contribution >= 0.6 is 11.6 Å². The Labute approximate surface area is 224 Å². The van der Waals surface area contributed by atoms with Crippen molar-refractivity contribution in [3.8, 4) is 5.75 Å². The van der Waals surface area contributed by atoms with Crippen LogP contribution in [0, 0.1) is 27.7 Å². The minimum atomic E-state index is -0.0166. The zero-order valence-electron chi connectivity index (χ0n) is 22.2. The number of imidazole rings is 1. The first-order valence-corrected chi connectivity index (χ1v) is 13.4. The quantitative estimate of drug-likeness (QED) is 0.215. The van der Waals surface area contributed by atoms with E-state index in [4.69, 9.17) is 21.3 Å². The molecule has 6 heteroatoms. The zero-order chi connectivity index (χ0) is 26.4.